The van der Waals surface area contributed by atoms with Gasteiger partial charge in [-0.15, -0.1) is 0 Å². The zero-order valence-corrected chi connectivity index (χ0v) is 10.3. The maximum atomic E-state index is 11.9. The number of hydrogen-bond acceptors (Lipinski definition) is 3. The predicted molar refractivity (Wildman–Crippen MR) is 64.0 cm³/mol. The molecule has 84 valence electrons. The van der Waals surface area contributed by atoms with Gasteiger partial charge in [0, 0.05) is 11.9 Å². The molecule has 1 heterocycles. The van der Waals surface area contributed by atoms with Crippen LogP contribution in [0, 0.1) is 5.41 Å². The first kappa shape index (κ1) is 12.2. The van der Waals surface area contributed by atoms with Crippen molar-refractivity contribution in [1.29, 1.82) is 0 Å². The second-order valence-corrected chi connectivity index (χ2v) is 6.24. The first-order chi connectivity index (χ1) is 6.90. The maximum absolute atomic E-state index is 11.9. The lowest BCUT2D eigenvalue weighted by atomic mass is 9.94. The molecule has 2 N–H and O–H groups in total. The summed E-state index contributed by atoms with van der Waals surface area (Å²) in [7, 11) is -1.08. The van der Waals surface area contributed by atoms with Crippen LogP contribution in [0.2, 0.25) is 0 Å². The second kappa shape index (κ2) is 4.75. The molecule has 0 spiro atoms. The van der Waals surface area contributed by atoms with Crippen molar-refractivity contribution in [3.63, 3.8) is 0 Å². The van der Waals surface area contributed by atoms with Crippen LogP contribution in [0.1, 0.15) is 27.2 Å². The van der Waals surface area contributed by atoms with Gasteiger partial charge in [-0.2, -0.15) is 0 Å². The van der Waals surface area contributed by atoms with E-state index in [9.17, 15) is 4.21 Å². The molecule has 3 nitrogen and oxygen atoms in total. The molecule has 1 aromatic heterocycles. The first-order valence-corrected chi connectivity index (χ1v) is 6.31. The molecule has 0 bridgehead atoms. The van der Waals surface area contributed by atoms with Gasteiger partial charge in [0.2, 0.25) is 0 Å². The number of pyridine rings is 1. The van der Waals surface area contributed by atoms with Gasteiger partial charge in [0.05, 0.1) is 16.5 Å². The largest absolute Gasteiger partial charge is 0.396 e. The van der Waals surface area contributed by atoms with E-state index < -0.39 is 10.8 Å². The summed E-state index contributed by atoms with van der Waals surface area (Å²) in [5.74, 6) is 0.616. The summed E-state index contributed by atoms with van der Waals surface area (Å²) in [6, 6.07) is 3.48. The summed E-state index contributed by atoms with van der Waals surface area (Å²) < 4.78 is 11.9. The molecule has 1 atom stereocenters. The minimum atomic E-state index is -1.08. The third-order valence-corrected chi connectivity index (χ3v) is 3.40. The number of nitrogen functional groups attached to an aromatic ring is 1. The Balaban J connectivity index is 2.66. The molecule has 0 aliphatic carbocycles. The molecule has 0 saturated heterocycles. The van der Waals surface area contributed by atoms with Crippen LogP contribution in [0.3, 0.4) is 0 Å². The van der Waals surface area contributed by atoms with Crippen LogP contribution in [0.15, 0.2) is 23.4 Å². The van der Waals surface area contributed by atoms with E-state index in [2.05, 4.69) is 25.8 Å². The van der Waals surface area contributed by atoms with Gasteiger partial charge in [-0.25, -0.2) is 4.98 Å². The van der Waals surface area contributed by atoms with Crippen molar-refractivity contribution < 1.29 is 4.21 Å². The van der Waals surface area contributed by atoms with Crippen molar-refractivity contribution >= 4 is 16.5 Å². The Morgan fingerprint density at radius 1 is 1.47 bits per heavy atom. The summed E-state index contributed by atoms with van der Waals surface area (Å²) in [5, 5.41) is 0.516. The van der Waals surface area contributed by atoms with Crippen LogP contribution in [0.5, 0.6) is 0 Å². The average Bonchev–Trinajstić information content (AvgIpc) is 2.14. The number of aromatic nitrogens is 1. The van der Waals surface area contributed by atoms with E-state index in [4.69, 9.17) is 5.73 Å². The van der Waals surface area contributed by atoms with Crippen molar-refractivity contribution in [1.82, 2.24) is 4.98 Å². The SMILES string of the molecule is CC(C)(C)CCS(=O)c1ncccc1N. The van der Waals surface area contributed by atoms with Crippen molar-refractivity contribution in [2.75, 3.05) is 11.5 Å². The molecule has 1 aromatic rings. The van der Waals surface area contributed by atoms with Crippen LogP contribution in [0.4, 0.5) is 5.69 Å². The standard InChI is InChI=1S/C11H18N2OS/c1-11(2,3)6-8-15(14)10-9(12)5-4-7-13-10/h4-5,7H,6,8,12H2,1-3H3. The third-order valence-electron chi connectivity index (χ3n) is 2.05. The highest BCUT2D eigenvalue weighted by Crippen LogP contribution is 2.21. The van der Waals surface area contributed by atoms with Crippen LogP contribution in [-0.2, 0) is 10.8 Å². The normalized spacial score (nSPS) is 13.8. The van der Waals surface area contributed by atoms with Gasteiger partial charge in [-0.05, 0) is 24.0 Å². The molecule has 0 radical (unpaired) electrons. The summed E-state index contributed by atoms with van der Waals surface area (Å²) in [4.78, 5) is 4.05. The van der Waals surface area contributed by atoms with Crippen LogP contribution in [0.25, 0.3) is 0 Å². The van der Waals surface area contributed by atoms with Crippen molar-refractivity contribution in [3.05, 3.63) is 18.3 Å². The van der Waals surface area contributed by atoms with E-state index in [1.54, 1.807) is 18.3 Å². The van der Waals surface area contributed by atoms with Crippen LogP contribution < -0.4 is 5.73 Å². The highest BCUT2D eigenvalue weighted by atomic mass is 32.2. The number of hydrogen-bond donors (Lipinski definition) is 1. The van der Waals surface area contributed by atoms with Gasteiger partial charge in [0.15, 0.2) is 0 Å². The van der Waals surface area contributed by atoms with Gasteiger partial charge in [-0.3, -0.25) is 4.21 Å². The Morgan fingerprint density at radius 2 is 2.13 bits per heavy atom. The predicted octanol–water partition coefficient (Wildman–Crippen LogP) is 2.21. The molecular formula is C11H18N2OS. The number of nitrogens with zero attached hydrogens (tertiary/aromatic N) is 1. The zero-order chi connectivity index (χ0) is 11.5. The lowest BCUT2D eigenvalue weighted by Crippen LogP contribution is -2.12. The van der Waals surface area contributed by atoms with Gasteiger partial charge >= 0.3 is 0 Å². The fraction of sp³-hybridized carbons (Fsp3) is 0.545. The monoisotopic (exact) mass is 226 g/mol. The molecule has 0 amide bonds. The molecule has 0 aliphatic heterocycles. The van der Waals surface area contributed by atoms with E-state index in [1.165, 1.54) is 0 Å². The number of anilines is 1. The van der Waals surface area contributed by atoms with E-state index in [1.807, 2.05) is 0 Å². The summed E-state index contributed by atoms with van der Waals surface area (Å²) in [6.07, 6.45) is 2.52. The minimum absolute atomic E-state index is 0.194. The quantitative estimate of drug-likeness (QED) is 0.859. The lowest BCUT2D eigenvalue weighted by Gasteiger charge is -2.17. The van der Waals surface area contributed by atoms with Crippen LogP contribution in [-0.4, -0.2) is 14.9 Å². The molecular weight excluding hydrogens is 208 g/mol. The Bertz CT molecular complexity index is 358. The van der Waals surface area contributed by atoms with E-state index in [0.717, 1.165) is 6.42 Å². The number of rotatable bonds is 3. The summed E-state index contributed by atoms with van der Waals surface area (Å²) in [6.45, 7) is 6.39. The molecule has 1 unspecified atom stereocenters. The third kappa shape index (κ3) is 4.00. The summed E-state index contributed by atoms with van der Waals surface area (Å²) >= 11 is 0. The van der Waals surface area contributed by atoms with E-state index in [-0.39, 0.29) is 5.41 Å². The lowest BCUT2D eigenvalue weighted by molar-refractivity contribution is 0.400. The zero-order valence-electron chi connectivity index (χ0n) is 9.49. The topological polar surface area (TPSA) is 56.0 Å². The van der Waals surface area contributed by atoms with Gasteiger partial charge in [-0.1, -0.05) is 20.8 Å². The maximum Gasteiger partial charge on any atom is 0.150 e. The average molecular weight is 226 g/mol. The van der Waals surface area contributed by atoms with E-state index in [0.29, 0.717) is 16.5 Å². The fourth-order valence-corrected chi connectivity index (χ4v) is 2.59. The Kier molecular flexibility index (Phi) is 3.85. The minimum Gasteiger partial charge on any atom is -0.396 e. The molecule has 0 saturated carbocycles. The molecule has 0 fully saturated rings. The Morgan fingerprint density at radius 3 is 2.67 bits per heavy atom. The molecule has 0 aliphatic rings. The highest BCUT2D eigenvalue weighted by molar-refractivity contribution is 7.85. The van der Waals surface area contributed by atoms with Crippen LogP contribution >= 0.6 is 0 Å². The molecule has 0 aromatic carbocycles. The van der Waals surface area contributed by atoms with Gasteiger partial charge < -0.3 is 5.73 Å². The Labute approximate surface area is 93.6 Å². The molecule has 4 heteroatoms. The molecule has 1 rings (SSSR count). The number of nitrogens with two attached hydrogens (primary N) is 1. The second-order valence-electron chi connectivity index (χ2n) is 4.76. The smallest absolute Gasteiger partial charge is 0.150 e. The first-order valence-electron chi connectivity index (χ1n) is 4.99. The van der Waals surface area contributed by atoms with Crippen molar-refractivity contribution in [2.24, 2.45) is 5.41 Å². The van der Waals surface area contributed by atoms with E-state index >= 15 is 0 Å². The fourth-order valence-electron chi connectivity index (χ4n) is 1.09. The van der Waals surface area contributed by atoms with Gasteiger partial charge in [0.1, 0.15) is 5.03 Å². The Hall–Kier alpha value is -0.900. The highest BCUT2D eigenvalue weighted by Gasteiger charge is 2.15. The molecule has 15 heavy (non-hydrogen) atoms. The summed E-state index contributed by atoms with van der Waals surface area (Å²) in [5.41, 5.74) is 6.42. The van der Waals surface area contributed by atoms with Crippen molar-refractivity contribution in [3.8, 4) is 0 Å². The van der Waals surface area contributed by atoms with Gasteiger partial charge in [0.25, 0.3) is 0 Å². The van der Waals surface area contributed by atoms with Crippen molar-refractivity contribution in [2.45, 2.75) is 32.2 Å².